The average molecular weight is 247 g/mol. The molecule has 94 valence electrons. The molecule has 1 aromatic carbocycles. The van der Waals surface area contributed by atoms with E-state index in [0.29, 0.717) is 11.1 Å². The molecule has 0 spiro atoms. The van der Waals surface area contributed by atoms with Crippen molar-refractivity contribution in [3.8, 4) is 0 Å². The second-order valence-electron chi connectivity index (χ2n) is 4.08. The minimum Gasteiger partial charge on any atom is -0.469 e. The Kier molecular flexibility index (Phi) is 3.14. The van der Waals surface area contributed by atoms with Crippen molar-refractivity contribution >= 4 is 17.8 Å². The summed E-state index contributed by atoms with van der Waals surface area (Å²) in [4.78, 5) is 36.1. The fraction of sp³-hybridized carbons (Fsp3) is 0.308. The zero-order valence-corrected chi connectivity index (χ0v) is 10.2. The van der Waals surface area contributed by atoms with Gasteiger partial charge in [0.25, 0.3) is 5.91 Å². The van der Waals surface area contributed by atoms with Crippen molar-refractivity contribution in [1.82, 2.24) is 4.90 Å². The van der Waals surface area contributed by atoms with E-state index in [-0.39, 0.29) is 18.2 Å². The number of esters is 1. The summed E-state index contributed by atoms with van der Waals surface area (Å²) in [5.41, 5.74) is 1.17. The van der Waals surface area contributed by atoms with Gasteiger partial charge in [0.1, 0.15) is 0 Å². The largest absolute Gasteiger partial charge is 0.469 e. The van der Waals surface area contributed by atoms with Crippen molar-refractivity contribution in [2.24, 2.45) is 0 Å². The molecule has 0 aliphatic carbocycles. The summed E-state index contributed by atoms with van der Waals surface area (Å²) in [7, 11) is 1.28. The van der Waals surface area contributed by atoms with Gasteiger partial charge in [0.05, 0.1) is 19.6 Å². The van der Waals surface area contributed by atoms with E-state index in [4.69, 9.17) is 0 Å². The molecule has 5 nitrogen and oxygen atoms in total. The Morgan fingerprint density at radius 3 is 2.61 bits per heavy atom. The maximum Gasteiger partial charge on any atom is 0.307 e. The summed E-state index contributed by atoms with van der Waals surface area (Å²) in [5, 5.41) is 0. The van der Waals surface area contributed by atoms with Crippen molar-refractivity contribution in [2.45, 2.75) is 19.4 Å². The van der Waals surface area contributed by atoms with Gasteiger partial charge >= 0.3 is 5.97 Å². The zero-order chi connectivity index (χ0) is 13.3. The van der Waals surface area contributed by atoms with E-state index in [9.17, 15) is 14.4 Å². The first kappa shape index (κ1) is 12.3. The van der Waals surface area contributed by atoms with Crippen LogP contribution in [0.2, 0.25) is 0 Å². The van der Waals surface area contributed by atoms with Crippen LogP contribution >= 0.6 is 0 Å². The van der Waals surface area contributed by atoms with Crippen LogP contribution in [-0.2, 0) is 14.3 Å². The van der Waals surface area contributed by atoms with E-state index in [1.165, 1.54) is 14.0 Å². The van der Waals surface area contributed by atoms with Gasteiger partial charge in [0.2, 0.25) is 5.91 Å². The molecule has 5 heteroatoms. The van der Waals surface area contributed by atoms with E-state index in [1.807, 2.05) is 0 Å². The molecule has 1 heterocycles. The predicted molar refractivity (Wildman–Crippen MR) is 62.7 cm³/mol. The van der Waals surface area contributed by atoms with Crippen molar-refractivity contribution < 1.29 is 19.1 Å². The number of amides is 2. The summed E-state index contributed by atoms with van der Waals surface area (Å²) in [5.74, 6) is -1.17. The van der Waals surface area contributed by atoms with Gasteiger partial charge in [0.15, 0.2) is 0 Å². The summed E-state index contributed by atoms with van der Waals surface area (Å²) < 4.78 is 4.60. The molecule has 0 fully saturated rings. The molecular weight excluding hydrogens is 234 g/mol. The lowest BCUT2D eigenvalue weighted by Crippen LogP contribution is -2.33. The number of ether oxygens (including phenoxy) is 1. The van der Waals surface area contributed by atoms with E-state index >= 15 is 0 Å². The highest BCUT2D eigenvalue weighted by atomic mass is 16.5. The highest BCUT2D eigenvalue weighted by molar-refractivity contribution is 6.08. The highest BCUT2D eigenvalue weighted by Crippen LogP contribution is 2.35. The number of imide groups is 1. The highest BCUT2D eigenvalue weighted by Gasteiger charge is 2.40. The van der Waals surface area contributed by atoms with Crippen molar-refractivity contribution in [3.63, 3.8) is 0 Å². The third kappa shape index (κ3) is 1.88. The number of nitrogens with zero attached hydrogens (tertiary/aromatic N) is 1. The van der Waals surface area contributed by atoms with Crippen molar-refractivity contribution in [2.75, 3.05) is 7.11 Å². The SMILES string of the molecule is COC(=O)CC1c2ccccc2C(=O)N1C(C)=O. The van der Waals surface area contributed by atoms with Gasteiger partial charge in [-0.15, -0.1) is 0 Å². The van der Waals surface area contributed by atoms with Crippen LogP contribution in [0.3, 0.4) is 0 Å². The minimum absolute atomic E-state index is 0.0150. The Labute approximate surface area is 104 Å². The molecule has 0 radical (unpaired) electrons. The summed E-state index contributed by atoms with van der Waals surface area (Å²) in [6.07, 6.45) is -0.0150. The van der Waals surface area contributed by atoms with Crippen LogP contribution in [0.25, 0.3) is 0 Å². The molecule has 1 atom stereocenters. The number of rotatable bonds is 2. The van der Waals surface area contributed by atoms with Crippen LogP contribution in [-0.4, -0.2) is 29.8 Å². The fourth-order valence-electron chi connectivity index (χ4n) is 2.20. The van der Waals surface area contributed by atoms with Gasteiger partial charge in [-0.05, 0) is 11.6 Å². The third-order valence-electron chi connectivity index (χ3n) is 3.01. The molecule has 1 aliphatic rings. The molecule has 0 saturated carbocycles. The zero-order valence-electron chi connectivity index (χ0n) is 10.2. The van der Waals surface area contributed by atoms with Crippen LogP contribution in [0.5, 0.6) is 0 Å². The van der Waals surface area contributed by atoms with Gasteiger partial charge < -0.3 is 4.74 Å². The first-order valence-corrected chi connectivity index (χ1v) is 5.56. The van der Waals surface area contributed by atoms with Crippen LogP contribution in [0.15, 0.2) is 24.3 Å². The summed E-state index contributed by atoms with van der Waals surface area (Å²) >= 11 is 0. The Morgan fingerprint density at radius 1 is 1.33 bits per heavy atom. The smallest absolute Gasteiger partial charge is 0.307 e. The lowest BCUT2D eigenvalue weighted by atomic mass is 10.0. The topological polar surface area (TPSA) is 63.7 Å². The first-order chi connectivity index (χ1) is 8.56. The Bertz CT molecular complexity index is 523. The number of fused-ring (bicyclic) bond motifs is 1. The van der Waals surface area contributed by atoms with E-state index < -0.39 is 12.0 Å². The first-order valence-electron chi connectivity index (χ1n) is 5.56. The van der Waals surface area contributed by atoms with Crippen LogP contribution < -0.4 is 0 Å². The van der Waals surface area contributed by atoms with E-state index in [2.05, 4.69) is 4.74 Å². The third-order valence-corrected chi connectivity index (χ3v) is 3.01. The minimum atomic E-state index is -0.557. The molecule has 0 saturated heterocycles. The van der Waals surface area contributed by atoms with Gasteiger partial charge in [-0.3, -0.25) is 19.3 Å². The van der Waals surface area contributed by atoms with E-state index in [1.54, 1.807) is 24.3 Å². The number of carbonyl (C=O) groups excluding carboxylic acids is 3. The van der Waals surface area contributed by atoms with Gasteiger partial charge in [-0.1, -0.05) is 18.2 Å². The number of hydrogen-bond donors (Lipinski definition) is 0. The van der Waals surface area contributed by atoms with Gasteiger partial charge in [-0.25, -0.2) is 0 Å². The van der Waals surface area contributed by atoms with Crippen LogP contribution in [0, 0.1) is 0 Å². The Balaban J connectivity index is 2.43. The monoisotopic (exact) mass is 247 g/mol. The number of carbonyl (C=O) groups is 3. The van der Waals surface area contributed by atoms with Crippen LogP contribution in [0.4, 0.5) is 0 Å². The summed E-state index contributed by atoms with van der Waals surface area (Å²) in [6, 6.07) is 6.36. The maximum atomic E-state index is 12.1. The number of hydrogen-bond acceptors (Lipinski definition) is 4. The van der Waals surface area contributed by atoms with E-state index in [0.717, 1.165) is 4.90 Å². The lowest BCUT2D eigenvalue weighted by molar-refractivity contribution is -0.142. The van der Waals surface area contributed by atoms with Gasteiger partial charge in [-0.2, -0.15) is 0 Å². The Hall–Kier alpha value is -2.17. The molecule has 0 bridgehead atoms. The Morgan fingerprint density at radius 2 is 2.00 bits per heavy atom. The average Bonchev–Trinajstić information content (AvgIpc) is 2.63. The van der Waals surface area contributed by atoms with Gasteiger partial charge in [0, 0.05) is 12.5 Å². The molecule has 1 aromatic rings. The quantitative estimate of drug-likeness (QED) is 0.739. The molecular formula is C13H13NO4. The molecule has 2 rings (SSSR count). The van der Waals surface area contributed by atoms with Crippen LogP contribution in [0.1, 0.15) is 35.3 Å². The number of benzene rings is 1. The lowest BCUT2D eigenvalue weighted by Gasteiger charge is -2.20. The second kappa shape index (κ2) is 4.60. The normalized spacial score (nSPS) is 17.6. The molecule has 0 N–H and O–H groups in total. The second-order valence-corrected chi connectivity index (χ2v) is 4.08. The van der Waals surface area contributed by atoms with Crippen molar-refractivity contribution in [3.05, 3.63) is 35.4 Å². The maximum absolute atomic E-state index is 12.1. The molecule has 1 aliphatic heterocycles. The molecule has 18 heavy (non-hydrogen) atoms. The molecule has 0 aromatic heterocycles. The summed E-state index contributed by atoms with van der Waals surface area (Å²) in [6.45, 7) is 1.31. The standard InChI is InChI=1S/C13H13NO4/c1-8(15)14-11(7-12(16)18-2)9-5-3-4-6-10(9)13(14)17/h3-6,11H,7H2,1-2H3. The molecule has 1 unspecified atom stereocenters. The molecule has 2 amide bonds. The predicted octanol–water partition coefficient (Wildman–Crippen LogP) is 1.29. The number of methoxy groups -OCH3 is 1. The fourth-order valence-corrected chi connectivity index (χ4v) is 2.20. The van der Waals surface area contributed by atoms with Crippen molar-refractivity contribution in [1.29, 1.82) is 0 Å².